The number of hydrogen-bond acceptors (Lipinski definition) is 6. The van der Waals surface area contributed by atoms with Gasteiger partial charge in [0, 0.05) is 35.8 Å². The summed E-state index contributed by atoms with van der Waals surface area (Å²) in [5.41, 5.74) is 4.79. The van der Waals surface area contributed by atoms with E-state index in [0.29, 0.717) is 43.9 Å². The molecular weight excluding hydrogens is 440 g/mol. The monoisotopic (exact) mass is 468 g/mol. The minimum atomic E-state index is -0.179. The van der Waals surface area contributed by atoms with Crippen LogP contribution in [-0.2, 0) is 22.4 Å². The van der Waals surface area contributed by atoms with E-state index >= 15 is 0 Å². The molecule has 1 unspecified atom stereocenters. The van der Waals surface area contributed by atoms with E-state index in [2.05, 4.69) is 11.4 Å². The number of pyridine rings is 1. The van der Waals surface area contributed by atoms with Gasteiger partial charge < -0.3 is 15.0 Å². The standard InChI is InChI=1S/C28H28N4O3/c29-17-19-8-10-21(11-9-19)30-18-26(33)20-4-3-7-25-23(16-20)27(22-5-1-2-6-24(22)31-25)28(34)32-12-14-35-15-13-32/h1-2,5-6,8-11,20,30H,3-4,7,12-16,18H2. The Morgan fingerprint density at radius 2 is 1.89 bits per heavy atom. The minimum Gasteiger partial charge on any atom is -0.378 e. The lowest BCUT2D eigenvalue weighted by molar-refractivity contribution is -0.121. The van der Waals surface area contributed by atoms with Crippen molar-refractivity contribution in [1.29, 1.82) is 5.26 Å². The SMILES string of the molecule is N#Cc1ccc(NCC(=O)C2CCCc3nc4ccccc4c(C(=O)N4CCOCC4)c3C2)cc1. The highest BCUT2D eigenvalue weighted by atomic mass is 16.5. The molecule has 35 heavy (non-hydrogen) atoms. The molecule has 7 nitrogen and oxygen atoms in total. The Hall–Kier alpha value is -3.76. The Morgan fingerprint density at radius 3 is 2.66 bits per heavy atom. The number of carbonyl (C=O) groups excluding carboxylic acids is 2. The molecular formula is C28H28N4O3. The zero-order valence-corrected chi connectivity index (χ0v) is 19.6. The van der Waals surface area contributed by atoms with Crippen molar-refractivity contribution < 1.29 is 14.3 Å². The zero-order chi connectivity index (χ0) is 24.2. The Labute approximate surface area is 204 Å². The third kappa shape index (κ3) is 4.89. The number of ketones is 1. The number of aromatic nitrogens is 1. The lowest BCUT2D eigenvalue weighted by Crippen LogP contribution is -2.41. The van der Waals surface area contributed by atoms with Crippen LogP contribution in [-0.4, -0.2) is 54.4 Å². The Kier molecular flexibility index (Phi) is 6.73. The molecule has 2 aromatic carbocycles. The number of aryl methyl sites for hydroxylation is 1. The average Bonchev–Trinajstić information content (AvgIpc) is 3.13. The summed E-state index contributed by atoms with van der Waals surface area (Å²) in [6.07, 6.45) is 2.91. The fraction of sp³-hybridized carbons (Fsp3) is 0.357. The first kappa shape index (κ1) is 23.0. The second-order valence-electron chi connectivity index (χ2n) is 9.14. The lowest BCUT2D eigenvalue weighted by Gasteiger charge is -2.29. The summed E-state index contributed by atoms with van der Waals surface area (Å²) >= 11 is 0. The number of para-hydroxylation sites is 1. The predicted molar refractivity (Wildman–Crippen MR) is 133 cm³/mol. The van der Waals surface area contributed by atoms with Gasteiger partial charge in [0.2, 0.25) is 0 Å². The topological polar surface area (TPSA) is 95.3 Å². The van der Waals surface area contributed by atoms with Crippen molar-refractivity contribution in [2.45, 2.75) is 25.7 Å². The van der Waals surface area contributed by atoms with Crippen molar-refractivity contribution in [3.05, 3.63) is 70.9 Å². The summed E-state index contributed by atoms with van der Waals surface area (Å²) in [7, 11) is 0. The van der Waals surface area contributed by atoms with Gasteiger partial charge in [0.05, 0.1) is 42.5 Å². The van der Waals surface area contributed by atoms with Crippen molar-refractivity contribution in [1.82, 2.24) is 9.88 Å². The second-order valence-corrected chi connectivity index (χ2v) is 9.14. The van der Waals surface area contributed by atoms with E-state index < -0.39 is 0 Å². The van der Waals surface area contributed by atoms with Crippen LogP contribution in [0, 0.1) is 17.2 Å². The first-order valence-corrected chi connectivity index (χ1v) is 12.2. The van der Waals surface area contributed by atoms with Gasteiger partial charge in [-0.15, -0.1) is 0 Å². The molecule has 1 amide bonds. The summed E-state index contributed by atoms with van der Waals surface area (Å²) in [4.78, 5) is 33.8. The molecule has 5 rings (SSSR count). The lowest BCUT2D eigenvalue weighted by atomic mass is 9.89. The fourth-order valence-electron chi connectivity index (χ4n) is 5.03. The van der Waals surface area contributed by atoms with Crippen molar-refractivity contribution in [3.63, 3.8) is 0 Å². The van der Waals surface area contributed by atoms with E-state index in [1.165, 1.54) is 0 Å². The van der Waals surface area contributed by atoms with Crippen LogP contribution in [0.1, 0.15) is 40.0 Å². The highest BCUT2D eigenvalue weighted by Gasteiger charge is 2.30. The third-order valence-corrected chi connectivity index (χ3v) is 6.94. The maximum atomic E-state index is 13.8. The number of amides is 1. The average molecular weight is 469 g/mol. The van der Waals surface area contributed by atoms with Gasteiger partial charge in [-0.05, 0) is 61.6 Å². The number of nitrogens with one attached hydrogen (secondary N) is 1. The molecule has 2 aliphatic rings. The molecule has 3 aromatic rings. The van der Waals surface area contributed by atoms with Gasteiger partial charge >= 0.3 is 0 Å². The van der Waals surface area contributed by atoms with Crippen molar-refractivity contribution in [3.8, 4) is 6.07 Å². The van der Waals surface area contributed by atoms with Crippen LogP contribution in [0.4, 0.5) is 5.69 Å². The van der Waals surface area contributed by atoms with Crippen LogP contribution in [0.3, 0.4) is 0 Å². The Bertz CT molecular complexity index is 1290. The summed E-state index contributed by atoms with van der Waals surface area (Å²) in [6, 6.07) is 17.0. The number of Topliss-reactive ketones (excluding diaryl/α,β-unsaturated/α-hetero) is 1. The number of carbonyl (C=O) groups is 2. The quantitative estimate of drug-likeness (QED) is 0.573. The van der Waals surface area contributed by atoms with Crippen LogP contribution in [0.25, 0.3) is 10.9 Å². The first-order valence-electron chi connectivity index (χ1n) is 12.2. The third-order valence-electron chi connectivity index (χ3n) is 6.94. The second kappa shape index (κ2) is 10.2. The Morgan fingerprint density at radius 1 is 1.11 bits per heavy atom. The van der Waals surface area contributed by atoms with Crippen LogP contribution >= 0.6 is 0 Å². The molecule has 178 valence electrons. The number of anilines is 1. The van der Waals surface area contributed by atoms with E-state index in [-0.39, 0.29) is 24.2 Å². The summed E-state index contributed by atoms with van der Waals surface area (Å²) in [5, 5.41) is 13.0. The van der Waals surface area contributed by atoms with Gasteiger partial charge in [-0.2, -0.15) is 5.26 Å². The maximum Gasteiger partial charge on any atom is 0.255 e. The van der Waals surface area contributed by atoms with Gasteiger partial charge in [0.25, 0.3) is 5.91 Å². The Balaban J connectivity index is 1.43. The minimum absolute atomic E-state index is 0.00644. The van der Waals surface area contributed by atoms with Gasteiger partial charge in [0.1, 0.15) is 0 Å². The summed E-state index contributed by atoms with van der Waals surface area (Å²) in [5.74, 6) is -0.0478. The van der Waals surface area contributed by atoms with Crippen LogP contribution < -0.4 is 5.32 Å². The number of benzene rings is 2. The molecule has 1 aliphatic heterocycles. The number of morpholine rings is 1. The van der Waals surface area contributed by atoms with Crippen LogP contribution in [0.15, 0.2) is 48.5 Å². The molecule has 0 saturated carbocycles. The maximum absolute atomic E-state index is 13.8. The van der Waals surface area contributed by atoms with E-state index in [1.807, 2.05) is 41.3 Å². The van der Waals surface area contributed by atoms with Gasteiger partial charge in [-0.25, -0.2) is 0 Å². The molecule has 0 spiro atoms. The molecule has 1 atom stereocenters. The van der Waals surface area contributed by atoms with Crippen molar-refractivity contribution in [2.75, 3.05) is 38.2 Å². The molecule has 7 heteroatoms. The van der Waals surface area contributed by atoms with Crippen molar-refractivity contribution in [2.24, 2.45) is 5.92 Å². The zero-order valence-electron chi connectivity index (χ0n) is 19.6. The van der Waals surface area contributed by atoms with Gasteiger partial charge in [-0.3, -0.25) is 14.6 Å². The normalized spacial score (nSPS) is 17.8. The summed E-state index contributed by atoms with van der Waals surface area (Å²) < 4.78 is 5.46. The molecule has 1 aliphatic carbocycles. The highest BCUT2D eigenvalue weighted by molar-refractivity contribution is 6.08. The number of nitriles is 1. The number of ether oxygens (including phenoxy) is 1. The number of fused-ring (bicyclic) bond motifs is 2. The molecule has 1 aromatic heterocycles. The van der Waals surface area contributed by atoms with E-state index in [0.717, 1.165) is 47.1 Å². The predicted octanol–water partition coefficient (Wildman–Crippen LogP) is 3.76. The molecule has 2 heterocycles. The highest BCUT2D eigenvalue weighted by Crippen LogP contribution is 2.32. The van der Waals surface area contributed by atoms with Crippen LogP contribution in [0.5, 0.6) is 0 Å². The molecule has 1 fully saturated rings. The van der Waals surface area contributed by atoms with Crippen molar-refractivity contribution >= 4 is 28.3 Å². The molecule has 1 saturated heterocycles. The smallest absolute Gasteiger partial charge is 0.255 e. The van der Waals surface area contributed by atoms with E-state index in [4.69, 9.17) is 15.0 Å². The van der Waals surface area contributed by atoms with Gasteiger partial charge in [-0.1, -0.05) is 18.2 Å². The molecule has 0 radical (unpaired) electrons. The van der Waals surface area contributed by atoms with Gasteiger partial charge in [0.15, 0.2) is 5.78 Å². The fourth-order valence-corrected chi connectivity index (χ4v) is 5.03. The number of hydrogen-bond donors (Lipinski definition) is 1. The van der Waals surface area contributed by atoms with Crippen LogP contribution in [0.2, 0.25) is 0 Å². The largest absolute Gasteiger partial charge is 0.378 e. The molecule has 1 N–H and O–H groups in total. The first-order chi connectivity index (χ1) is 17.1. The number of rotatable bonds is 5. The summed E-state index contributed by atoms with van der Waals surface area (Å²) in [6.45, 7) is 2.43. The molecule has 0 bridgehead atoms. The van der Waals surface area contributed by atoms with E-state index in [9.17, 15) is 9.59 Å². The number of nitrogens with zero attached hydrogens (tertiary/aromatic N) is 3. The van der Waals surface area contributed by atoms with E-state index in [1.54, 1.807) is 12.1 Å².